The van der Waals surface area contributed by atoms with E-state index in [-0.39, 0.29) is 0 Å². The summed E-state index contributed by atoms with van der Waals surface area (Å²) in [7, 11) is 0. The molecule has 5 heteroatoms. The van der Waals surface area contributed by atoms with Crippen LogP contribution in [0.4, 0.5) is 0 Å². The molecule has 0 saturated carbocycles. The second kappa shape index (κ2) is 5.85. The molecule has 2 aromatic heterocycles. The van der Waals surface area contributed by atoms with Gasteiger partial charge in [0.1, 0.15) is 5.82 Å². The molecule has 110 valence electrons. The number of aromatic nitrogens is 4. The molecule has 0 aliphatic rings. The second-order valence-corrected chi connectivity index (χ2v) is 5.79. The van der Waals surface area contributed by atoms with Crippen LogP contribution in [0.2, 0.25) is 0 Å². The number of benzene rings is 1. The first kappa shape index (κ1) is 14.1. The predicted molar refractivity (Wildman–Crippen MR) is 88.2 cm³/mol. The van der Waals surface area contributed by atoms with Crippen molar-refractivity contribution in [3.63, 3.8) is 0 Å². The van der Waals surface area contributed by atoms with Crippen LogP contribution < -0.4 is 0 Å². The lowest BCUT2D eigenvalue weighted by Gasteiger charge is -2.06. The highest BCUT2D eigenvalue weighted by Crippen LogP contribution is 2.24. The molecular formula is C16H20N4S. The molecule has 0 saturated heterocycles. The number of hydrogen-bond donors (Lipinski definition) is 2. The molecule has 0 aliphatic carbocycles. The van der Waals surface area contributed by atoms with E-state index < -0.39 is 0 Å². The van der Waals surface area contributed by atoms with E-state index in [0.29, 0.717) is 0 Å². The molecule has 3 aromatic rings. The van der Waals surface area contributed by atoms with E-state index >= 15 is 0 Å². The Bertz CT molecular complexity index is 809. The van der Waals surface area contributed by atoms with Gasteiger partial charge >= 0.3 is 0 Å². The van der Waals surface area contributed by atoms with Crippen molar-refractivity contribution >= 4 is 23.1 Å². The highest BCUT2D eigenvalue weighted by molar-refractivity contribution is 7.71. The maximum atomic E-state index is 5.35. The lowest BCUT2D eigenvalue weighted by molar-refractivity contribution is 0.603. The fourth-order valence-corrected chi connectivity index (χ4v) is 3.00. The molecule has 2 N–H and O–H groups in total. The van der Waals surface area contributed by atoms with Crippen LogP contribution in [0.15, 0.2) is 24.3 Å². The monoisotopic (exact) mass is 300 g/mol. The van der Waals surface area contributed by atoms with Crippen molar-refractivity contribution in [2.24, 2.45) is 0 Å². The Morgan fingerprint density at radius 1 is 1.29 bits per heavy atom. The van der Waals surface area contributed by atoms with Crippen LogP contribution in [0.25, 0.3) is 10.9 Å². The van der Waals surface area contributed by atoms with Crippen molar-refractivity contribution in [3.8, 4) is 0 Å². The fourth-order valence-electron chi connectivity index (χ4n) is 2.75. The van der Waals surface area contributed by atoms with E-state index in [9.17, 15) is 0 Å². The van der Waals surface area contributed by atoms with Crippen LogP contribution in [-0.2, 0) is 13.0 Å². The molecule has 0 fully saturated rings. The molecule has 0 atom stereocenters. The van der Waals surface area contributed by atoms with Crippen molar-refractivity contribution in [1.82, 2.24) is 19.7 Å². The Hall–Kier alpha value is -1.88. The quantitative estimate of drug-likeness (QED) is 0.696. The number of rotatable bonds is 5. The van der Waals surface area contributed by atoms with Gasteiger partial charge in [0.2, 0.25) is 0 Å². The summed E-state index contributed by atoms with van der Waals surface area (Å²) in [5, 5.41) is 8.62. The van der Waals surface area contributed by atoms with Crippen molar-refractivity contribution in [1.29, 1.82) is 0 Å². The topological polar surface area (TPSA) is 49.4 Å². The zero-order valence-corrected chi connectivity index (χ0v) is 13.3. The van der Waals surface area contributed by atoms with Crippen molar-refractivity contribution in [2.45, 2.75) is 39.7 Å². The SMILES string of the molecule is CCCCn1c(Cc2c(C)[nH]c3ccccc23)n[nH]c1=S. The molecule has 0 unspecified atom stereocenters. The van der Waals surface area contributed by atoms with E-state index in [1.54, 1.807) is 0 Å². The summed E-state index contributed by atoms with van der Waals surface area (Å²) in [6.07, 6.45) is 3.07. The Morgan fingerprint density at radius 3 is 2.90 bits per heavy atom. The molecule has 1 aromatic carbocycles. The summed E-state index contributed by atoms with van der Waals surface area (Å²) >= 11 is 5.35. The summed E-state index contributed by atoms with van der Waals surface area (Å²) in [5.41, 5.74) is 3.68. The van der Waals surface area contributed by atoms with Crippen molar-refractivity contribution in [2.75, 3.05) is 0 Å². The number of aryl methyl sites for hydroxylation is 1. The van der Waals surface area contributed by atoms with Gasteiger partial charge in [-0.25, -0.2) is 0 Å². The third-order valence-corrected chi connectivity index (χ3v) is 4.25. The third-order valence-electron chi connectivity index (χ3n) is 3.93. The lowest BCUT2D eigenvalue weighted by Crippen LogP contribution is -2.05. The Balaban J connectivity index is 1.99. The minimum Gasteiger partial charge on any atom is -0.358 e. The summed E-state index contributed by atoms with van der Waals surface area (Å²) in [6.45, 7) is 5.24. The first-order valence-electron chi connectivity index (χ1n) is 7.41. The summed E-state index contributed by atoms with van der Waals surface area (Å²) in [5.74, 6) is 1.02. The third kappa shape index (κ3) is 2.65. The first-order chi connectivity index (χ1) is 10.2. The average molecular weight is 300 g/mol. The molecular weight excluding hydrogens is 280 g/mol. The Labute approximate surface area is 129 Å². The Morgan fingerprint density at radius 2 is 2.10 bits per heavy atom. The molecule has 0 radical (unpaired) electrons. The largest absolute Gasteiger partial charge is 0.358 e. The molecule has 0 bridgehead atoms. The summed E-state index contributed by atoms with van der Waals surface area (Å²) < 4.78 is 2.84. The number of nitrogens with zero attached hydrogens (tertiary/aromatic N) is 2. The Kier molecular flexibility index (Phi) is 3.92. The van der Waals surface area contributed by atoms with E-state index in [1.807, 2.05) is 0 Å². The minimum absolute atomic E-state index is 0.718. The maximum absolute atomic E-state index is 5.35. The van der Waals surface area contributed by atoms with Gasteiger partial charge in [0, 0.05) is 29.6 Å². The number of hydrogen-bond acceptors (Lipinski definition) is 2. The summed E-state index contributed by atoms with van der Waals surface area (Å²) in [4.78, 5) is 3.44. The normalized spacial score (nSPS) is 11.3. The van der Waals surface area contributed by atoms with Gasteiger partial charge in [-0.1, -0.05) is 31.5 Å². The molecule has 0 aliphatic heterocycles. The standard InChI is InChI=1S/C16H20N4S/c1-3-4-9-20-15(18-19-16(20)21)10-13-11(2)17-14-8-6-5-7-12(13)14/h5-8,17H,3-4,9-10H2,1-2H3,(H,19,21). The molecule has 2 heterocycles. The van der Waals surface area contributed by atoms with E-state index in [4.69, 9.17) is 12.2 Å². The predicted octanol–water partition coefficient (Wildman–Crippen LogP) is 4.12. The maximum Gasteiger partial charge on any atom is 0.195 e. The average Bonchev–Trinajstić information content (AvgIpc) is 2.99. The fraction of sp³-hybridized carbons (Fsp3) is 0.375. The number of aromatic amines is 2. The van der Waals surface area contributed by atoms with E-state index in [2.05, 4.69) is 57.9 Å². The minimum atomic E-state index is 0.718. The first-order valence-corrected chi connectivity index (χ1v) is 7.81. The zero-order valence-electron chi connectivity index (χ0n) is 12.4. The number of para-hydroxylation sites is 1. The highest BCUT2D eigenvalue weighted by Gasteiger charge is 2.13. The molecule has 21 heavy (non-hydrogen) atoms. The van der Waals surface area contributed by atoms with E-state index in [1.165, 1.54) is 22.2 Å². The van der Waals surface area contributed by atoms with Gasteiger partial charge in [-0.15, -0.1) is 0 Å². The smallest absolute Gasteiger partial charge is 0.195 e. The van der Waals surface area contributed by atoms with Crippen molar-refractivity contribution < 1.29 is 0 Å². The van der Waals surface area contributed by atoms with Gasteiger partial charge in [0.25, 0.3) is 0 Å². The van der Waals surface area contributed by atoms with Gasteiger partial charge in [-0.3, -0.25) is 5.10 Å². The summed E-state index contributed by atoms with van der Waals surface area (Å²) in [6, 6.07) is 8.40. The number of fused-ring (bicyclic) bond motifs is 1. The number of nitrogens with one attached hydrogen (secondary N) is 2. The number of unbranched alkanes of at least 4 members (excludes halogenated alkanes) is 1. The molecule has 4 nitrogen and oxygen atoms in total. The number of H-pyrrole nitrogens is 2. The van der Waals surface area contributed by atoms with Crippen LogP contribution in [0.3, 0.4) is 0 Å². The zero-order chi connectivity index (χ0) is 14.8. The highest BCUT2D eigenvalue weighted by atomic mass is 32.1. The second-order valence-electron chi connectivity index (χ2n) is 5.40. The molecule has 0 spiro atoms. The lowest BCUT2D eigenvalue weighted by atomic mass is 10.1. The van der Waals surface area contributed by atoms with Crippen LogP contribution in [-0.4, -0.2) is 19.7 Å². The molecule has 3 rings (SSSR count). The van der Waals surface area contributed by atoms with Crippen LogP contribution in [0.5, 0.6) is 0 Å². The molecule has 0 amide bonds. The van der Waals surface area contributed by atoms with Gasteiger partial charge in [-0.2, -0.15) is 5.10 Å². The van der Waals surface area contributed by atoms with Gasteiger partial charge in [0.15, 0.2) is 4.77 Å². The van der Waals surface area contributed by atoms with Gasteiger partial charge in [-0.05, 0) is 37.2 Å². The van der Waals surface area contributed by atoms with Gasteiger partial charge in [0.05, 0.1) is 0 Å². The van der Waals surface area contributed by atoms with Crippen molar-refractivity contribution in [3.05, 3.63) is 46.1 Å². The van der Waals surface area contributed by atoms with Crippen LogP contribution in [0, 0.1) is 11.7 Å². The van der Waals surface area contributed by atoms with Crippen LogP contribution in [0.1, 0.15) is 36.8 Å². The van der Waals surface area contributed by atoms with Gasteiger partial charge < -0.3 is 9.55 Å². The van der Waals surface area contributed by atoms with Crippen LogP contribution >= 0.6 is 12.2 Å². The van der Waals surface area contributed by atoms with E-state index in [0.717, 1.165) is 36.4 Å².